The molecule has 2 heterocycles. The second kappa shape index (κ2) is 10.8. The molecule has 1 aliphatic rings. The zero-order chi connectivity index (χ0) is 24.0. The number of hydrogen-bond acceptors (Lipinski definition) is 6. The first kappa shape index (κ1) is 24.0. The van der Waals surface area contributed by atoms with Gasteiger partial charge in [-0.1, -0.05) is 36.4 Å². The smallest absolute Gasteiger partial charge is 0.255 e. The number of anilines is 1. The summed E-state index contributed by atoms with van der Waals surface area (Å²) in [6.45, 7) is 4.66. The average molecular weight is 483 g/mol. The van der Waals surface area contributed by atoms with Gasteiger partial charge in [0.25, 0.3) is 5.91 Å². The van der Waals surface area contributed by atoms with E-state index in [9.17, 15) is 13.2 Å². The molecule has 1 amide bonds. The van der Waals surface area contributed by atoms with Gasteiger partial charge < -0.3 is 15.0 Å². The van der Waals surface area contributed by atoms with Crippen LogP contribution in [0.5, 0.6) is 5.75 Å². The van der Waals surface area contributed by atoms with E-state index in [1.54, 1.807) is 12.3 Å². The minimum Gasteiger partial charge on any atom is -0.493 e. The van der Waals surface area contributed by atoms with Crippen molar-refractivity contribution in [2.24, 2.45) is 0 Å². The number of amides is 1. The molecule has 3 aromatic rings. The van der Waals surface area contributed by atoms with E-state index in [4.69, 9.17) is 4.74 Å². The summed E-state index contributed by atoms with van der Waals surface area (Å²) >= 11 is 0. The largest absolute Gasteiger partial charge is 0.493 e. The molecule has 8 nitrogen and oxygen atoms in total. The van der Waals surface area contributed by atoms with Crippen molar-refractivity contribution >= 4 is 32.5 Å². The van der Waals surface area contributed by atoms with Gasteiger partial charge in [-0.15, -0.1) is 0 Å². The maximum absolute atomic E-state index is 13.0. The summed E-state index contributed by atoms with van der Waals surface area (Å²) in [5.41, 5.74) is 0.480. The highest BCUT2D eigenvalue weighted by Crippen LogP contribution is 2.28. The van der Waals surface area contributed by atoms with Crippen LogP contribution in [0.15, 0.2) is 60.8 Å². The van der Waals surface area contributed by atoms with E-state index in [2.05, 4.69) is 15.2 Å². The van der Waals surface area contributed by atoms with E-state index >= 15 is 0 Å². The zero-order valence-electron chi connectivity index (χ0n) is 19.3. The predicted molar refractivity (Wildman–Crippen MR) is 134 cm³/mol. The third-order valence-electron chi connectivity index (χ3n) is 5.89. The first-order chi connectivity index (χ1) is 16.5. The van der Waals surface area contributed by atoms with Gasteiger partial charge in [0.15, 0.2) is 0 Å². The van der Waals surface area contributed by atoms with E-state index in [1.165, 1.54) is 4.31 Å². The van der Waals surface area contributed by atoms with Crippen LogP contribution in [0.25, 0.3) is 10.8 Å². The van der Waals surface area contributed by atoms with Crippen molar-refractivity contribution in [1.29, 1.82) is 0 Å². The van der Waals surface area contributed by atoms with Crippen molar-refractivity contribution in [2.45, 2.75) is 13.3 Å². The summed E-state index contributed by atoms with van der Waals surface area (Å²) in [5, 5.41) is 4.63. The van der Waals surface area contributed by atoms with Crippen LogP contribution >= 0.6 is 0 Å². The molecular weight excluding hydrogens is 452 g/mol. The Labute approximate surface area is 200 Å². The molecule has 2 aromatic carbocycles. The number of rotatable bonds is 9. The van der Waals surface area contributed by atoms with Crippen LogP contribution < -0.4 is 15.0 Å². The van der Waals surface area contributed by atoms with Gasteiger partial charge in [0.1, 0.15) is 11.6 Å². The van der Waals surface area contributed by atoms with Crippen LogP contribution in [0.4, 0.5) is 5.82 Å². The number of benzene rings is 2. The number of piperazine rings is 1. The Bertz CT molecular complexity index is 1230. The topological polar surface area (TPSA) is 91.8 Å². The highest BCUT2D eigenvalue weighted by Gasteiger charge is 2.27. The summed E-state index contributed by atoms with van der Waals surface area (Å²) in [7, 11) is -3.39. The Morgan fingerprint density at radius 3 is 2.53 bits per heavy atom. The molecule has 9 heteroatoms. The number of pyridine rings is 1. The van der Waals surface area contributed by atoms with E-state index < -0.39 is 10.0 Å². The number of hydrogen-bond donors (Lipinski definition) is 1. The lowest BCUT2D eigenvalue weighted by Crippen LogP contribution is -2.49. The molecule has 4 rings (SSSR count). The van der Waals surface area contributed by atoms with Crippen molar-refractivity contribution < 1.29 is 17.9 Å². The molecule has 0 saturated carbocycles. The molecule has 1 fully saturated rings. The van der Waals surface area contributed by atoms with Gasteiger partial charge in [0.2, 0.25) is 10.0 Å². The summed E-state index contributed by atoms with van der Waals surface area (Å²) in [6.07, 6.45) is 2.07. The van der Waals surface area contributed by atoms with Gasteiger partial charge in [-0.05, 0) is 42.3 Å². The normalized spacial score (nSPS) is 14.8. The first-order valence-electron chi connectivity index (χ1n) is 11.6. The monoisotopic (exact) mass is 482 g/mol. The van der Waals surface area contributed by atoms with E-state index in [-0.39, 0.29) is 18.2 Å². The van der Waals surface area contributed by atoms with Crippen LogP contribution in [-0.2, 0) is 10.0 Å². The molecule has 1 N–H and O–H groups in total. The summed E-state index contributed by atoms with van der Waals surface area (Å²) in [6, 6.07) is 17.1. The SMILES string of the molecule is CCOc1ccc2ccccc2c1C(=O)NCCCS(=O)(=O)N1CCN(c2ccccn2)CC1. The molecule has 0 spiro atoms. The summed E-state index contributed by atoms with van der Waals surface area (Å²) < 4.78 is 32.8. The number of aromatic nitrogens is 1. The van der Waals surface area contributed by atoms with Gasteiger partial charge in [-0.2, -0.15) is 4.31 Å². The third kappa shape index (κ3) is 5.48. The first-order valence-corrected chi connectivity index (χ1v) is 13.2. The number of nitrogens with one attached hydrogen (secondary N) is 1. The van der Waals surface area contributed by atoms with Crippen LogP contribution in [0.1, 0.15) is 23.7 Å². The fourth-order valence-corrected chi connectivity index (χ4v) is 5.66. The second-order valence-corrected chi connectivity index (χ2v) is 10.2. The van der Waals surface area contributed by atoms with E-state index in [1.807, 2.05) is 55.5 Å². The predicted octanol–water partition coefficient (Wildman–Crippen LogP) is 2.91. The Morgan fingerprint density at radius 2 is 1.79 bits per heavy atom. The van der Waals surface area contributed by atoms with Crippen molar-refractivity contribution in [3.63, 3.8) is 0 Å². The lowest BCUT2D eigenvalue weighted by molar-refractivity contribution is 0.0951. The van der Waals surface area contributed by atoms with Gasteiger partial charge in [-0.3, -0.25) is 4.79 Å². The molecule has 1 aromatic heterocycles. The highest BCUT2D eigenvalue weighted by atomic mass is 32.2. The maximum atomic E-state index is 13.0. The fraction of sp³-hybridized carbons (Fsp3) is 0.360. The molecule has 0 radical (unpaired) electrons. The van der Waals surface area contributed by atoms with Crippen LogP contribution in [0, 0.1) is 0 Å². The third-order valence-corrected chi connectivity index (χ3v) is 7.84. The number of nitrogens with zero attached hydrogens (tertiary/aromatic N) is 3. The van der Waals surface area contributed by atoms with Crippen LogP contribution in [-0.4, -0.2) is 68.7 Å². The van der Waals surface area contributed by atoms with Gasteiger partial charge in [-0.25, -0.2) is 13.4 Å². The standard InChI is InChI=1S/C25H30N4O4S/c1-2-33-22-12-11-20-8-3-4-9-21(20)24(22)25(30)27-14-7-19-34(31,32)29-17-15-28(16-18-29)23-10-5-6-13-26-23/h3-6,8-13H,2,7,14-19H2,1H3,(H,27,30). The molecule has 0 atom stereocenters. The lowest BCUT2D eigenvalue weighted by atomic mass is 10.0. The molecule has 0 bridgehead atoms. The Hall–Kier alpha value is -3.17. The number of sulfonamides is 1. The average Bonchev–Trinajstić information content (AvgIpc) is 2.87. The minimum atomic E-state index is -3.39. The van der Waals surface area contributed by atoms with Crippen LogP contribution in [0.3, 0.4) is 0 Å². The number of ether oxygens (including phenoxy) is 1. The molecule has 1 saturated heterocycles. The van der Waals surface area contributed by atoms with E-state index in [0.717, 1.165) is 16.6 Å². The molecule has 180 valence electrons. The van der Waals surface area contributed by atoms with Crippen molar-refractivity contribution in [2.75, 3.05) is 50.0 Å². The van der Waals surface area contributed by atoms with Crippen LogP contribution in [0.2, 0.25) is 0 Å². The fourth-order valence-electron chi connectivity index (χ4n) is 4.17. The lowest BCUT2D eigenvalue weighted by Gasteiger charge is -2.34. The molecule has 0 unspecified atom stereocenters. The van der Waals surface area contributed by atoms with Crippen molar-refractivity contribution in [3.8, 4) is 5.75 Å². The number of fused-ring (bicyclic) bond motifs is 1. The number of carbonyl (C=O) groups excluding carboxylic acids is 1. The quantitative estimate of drug-likeness (QED) is 0.472. The number of carbonyl (C=O) groups is 1. The van der Waals surface area contributed by atoms with E-state index in [0.29, 0.717) is 50.5 Å². The molecule has 1 aliphatic heterocycles. The summed E-state index contributed by atoms with van der Waals surface area (Å²) in [4.78, 5) is 19.4. The zero-order valence-corrected chi connectivity index (χ0v) is 20.1. The second-order valence-electron chi connectivity index (χ2n) is 8.09. The Balaban J connectivity index is 1.31. The minimum absolute atomic E-state index is 0.00920. The van der Waals surface area contributed by atoms with Crippen molar-refractivity contribution in [3.05, 3.63) is 66.4 Å². The molecular formula is C25H30N4O4S. The Morgan fingerprint density at radius 1 is 1.03 bits per heavy atom. The van der Waals surface area contributed by atoms with Gasteiger partial charge >= 0.3 is 0 Å². The van der Waals surface area contributed by atoms with Gasteiger partial charge in [0, 0.05) is 38.9 Å². The summed E-state index contributed by atoms with van der Waals surface area (Å²) in [5.74, 6) is 1.12. The van der Waals surface area contributed by atoms with Gasteiger partial charge in [0.05, 0.1) is 17.9 Å². The molecule has 0 aliphatic carbocycles. The highest BCUT2D eigenvalue weighted by molar-refractivity contribution is 7.89. The van der Waals surface area contributed by atoms with Crippen molar-refractivity contribution in [1.82, 2.24) is 14.6 Å². The Kier molecular flexibility index (Phi) is 7.64. The molecule has 34 heavy (non-hydrogen) atoms. The maximum Gasteiger partial charge on any atom is 0.255 e.